The van der Waals surface area contributed by atoms with Crippen molar-refractivity contribution < 1.29 is 4.39 Å². The van der Waals surface area contributed by atoms with Crippen molar-refractivity contribution in [3.63, 3.8) is 0 Å². The average Bonchev–Trinajstić information content (AvgIpc) is 2.22. The third kappa shape index (κ3) is 4.23. The normalized spacial score (nSPS) is 12.1. The van der Waals surface area contributed by atoms with Crippen molar-refractivity contribution in [2.24, 2.45) is 5.73 Å². The summed E-state index contributed by atoms with van der Waals surface area (Å²) in [6, 6.07) is 4.76. The molecule has 1 aromatic carbocycles. The highest BCUT2D eigenvalue weighted by molar-refractivity contribution is 6.30. The highest BCUT2D eigenvalue weighted by atomic mass is 35.5. The van der Waals surface area contributed by atoms with Gasteiger partial charge in [0.15, 0.2) is 0 Å². The van der Waals surface area contributed by atoms with Crippen LogP contribution in [-0.4, -0.2) is 0 Å². The Labute approximate surface area is 107 Å². The van der Waals surface area contributed by atoms with Gasteiger partial charge in [-0.1, -0.05) is 29.3 Å². The molecule has 0 bridgehead atoms. The van der Waals surface area contributed by atoms with Crippen LogP contribution in [0.3, 0.4) is 0 Å². The minimum Gasteiger partial charge on any atom is -0.402 e. The van der Waals surface area contributed by atoms with Crippen LogP contribution in [0.25, 0.3) is 0 Å². The Morgan fingerprint density at radius 3 is 2.53 bits per heavy atom. The molecule has 17 heavy (non-hydrogen) atoms. The summed E-state index contributed by atoms with van der Waals surface area (Å²) in [5.41, 5.74) is 9.74. The van der Waals surface area contributed by atoms with E-state index < -0.39 is 5.82 Å². The van der Waals surface area contributed by atoms with E-state index in [2.05, 4.69) is 0 Å². The molecule has 1 aromatic rings. The Balaban J connectivity index is 2.91. The van der Waals surface area contributed by atoms with Crippen molar-refractivity contribution in [3.05, 3.63) is 57.5 Å². The van der Waals surface area contributed by atoms with E-state index in [1.807, 2.05) is 26.8 Å². The third-order valence-electron chi connectivity index (χ3n) is 2.39. The first-order valence-electron chi connectivity index (χ1n) is 5.44. The van der Waals surface area contributed by atoms with Gasteiger partial charge in [0, 0.05) is 12.1 Å². The van der Waals surface area contributed by atoms with Crippen molar-refractivity contribution in [1.29, 1.82) is 0 Å². The maximum atomic E-state index is 13.2. The van der Waals surface area contributed by atoms with Gasteiger partial charge in [-0.05, 0) is 44.0 Å². The van der Waals surface area contributed by atoms with E-state index in [0.29, 0.717) is 6.42 Å². The summed E-state index contributed by atoms with van der Waals surface area (Å²) < 4.78 is 13.2. The average molecular weight is 254 g/mol. The quantitative estimate of drug-likeness (QED) is 0.802. The monoisotopic (exact) mass is 253 g/mol. The summed E-state index contributed by atoms with van der Waals surface area (Å²) in [6.07, 6.45) is 2.55. The molecular formula is C14H17ClFN. The van der Waals surface area contributed by atoms with Crippen LogP contribution in [0.5, 0.6) is 0 Å². The van der Waals surface area contributed by atoms with Crippen LogP contribution in [0.2, 0.25) is 5.02 Å². The van der Waals surface area contributed by atoms with Gasteiger partial charge in [-0.25, -0.2) is 4.39 Å². The molecule has 3 heteroatoms. The fourth-order valence-corrected chi connectivity index (χ4v) is 1.65. The molecule has 0 amide bonds. The van der Waals surface area contributed by atoms with Gasteiger partial charge in [0.25, 0.3) is 0 Å². The second-order valence-electron chi connectivity index (χ2n) is 4.36. The molecule has 0 spiro atoms. The van der Waals surface area contributed by atoms with E-state index in [1.54, 1.807) is 12.1 Å². The molecule has 1 rings (SSSR count). The Kier molecular flexibility index (Phi) is 4.76. The highest BCUT2D eigenvalue weighted by Crippen LogP contribution is 2.18. The summed E-state index contributed by atoms with van der Waals surface area (Å²) in [6.45, 7) is 5.98. The number of hydrogen-bond donors (Lipinski definition) is 1. The number of nitrogens with two attached hydrogens (primary N) is 1. The molecular weight excluding hydrogens is 237 g/mol. The molecule has 0 heterocycles. The van der Waals surface area contributed by atoms with E-state index in [-0.39, 0.29) is 5.02 Å². The molecule has 0 aliphatic carbocycles. The van der Waals surface area contributed by atoms with Crippen LogP contribution >= 0.6 is 11.6 Å². The molecule has 0 fully saturated rings. The van der Waals surface area contributed by atoms with E-state index >= 15 is 0 Å². The Hall–Kier alpha value is -1.28. The number of benzene rings is 1. The van der Waals surface area contributed by atoms with Crippen LogP contribution in [0.15, 0.2) is 41.1 Å². The second-order valence-corrected chi connectivity index (χ2v) is 4.76. The summed E-state index contributed by atoms with van der Waals surface area (Å²) in [5.74, 6) is -0.406. The lowest BCUT2D eigenvalue weighted by atomic mass is 10.1. The highest BCUT2D eigenvalue weighted by Gasteiger charge is 2.03. The molecule has 92 valence electrons. The van der Waals surface area contributed by atoms with Gasteiger partial charge in [-0.3, -0.25) is 0 Å². The molecule has 0 atom stereocenters. The Morgan fingerprint density at radius 2 is 2.00 bits per heavy atom. The van der Waals surface area contributed by atoms with Crippen molar-refractivity contribution in [1.82, 2.24) is 0 Å². The van der Waals surface area contributed by atoms with Crippen LogP contribution < -0.4 is 5.73 Å². The van der Waals surface area contributed by atoms with Crippen LogP contribution in [0.4, 0.5) is 4.39 Å². The lowest BCUT2D eigenvalue weighted by molar-refractivity contribution is 0.626. The van der Waals surface area contributed by atoms with Gasteiger partial charge in [0.2, 0.25) is 0 Å². The maximum Gasteiger partial charge on any atom is 0.142 e. The molecule has 0 aliphatic rings. The van der Waals surface area contributed by atoms with E-state index in [9.17, 15) is 4.39 Å². The number of rotatable bonds is 3. The first-order valence-corrected chi connectivity index (χ1v) is 5.82. The largest absolute Gasteiger partial charge is 0.402 e. The SMILES string of the molecule is CC(C)=C/C(C)=C(\N)Cc1ccc(Cl)c(F)c1. The molecule has 0 aliphatic heterocycles. The molecule has 0 radical (unpaired) electrons. The van der Waals surface area contributed by atoms with Crippen LogP contribution in [0.1, 0.15) is 26.3 Å². The van der Waals surface area contributed by atoms with Gasteiger partial charge in [0.05, 0.1) is 5.02 Å². The van der Waals surface area contributed by atoms with Crippen LogP contribution in [-0.2, 0) is 6.42 Å². The number of halogens is 2. The van der Waals surface area contributed by atoms with Gasteiger partial charge in [0.1, 0.15) is 5.82 Å². The molecule has 0 saturated carbocycles. The lowest BCUT2D eigenvalue weighted by Crippen LogP contribution is -2.04. The zero-order chi connectivity index (χ0) is 13.0. The van der Waals surface area contributed by atoms with Crippen molar-refractivity contribution >= 4 is 11.6 Å². The first-order chi connectivity index (χ1) is 7.90. The predicted molar refractivity (Wildman–Crippen MR) is 71.4 cm³/mol. The molecule has 2 N–H and O–H groups in total. The zero-order valence-corrected chi connectivity index (χ0v) is 11.1. The maximum absolute atomic E-state index is 13.2. The van der Waals surface area contributed by atoms with Gasteiger partial charge in [-0.15, -0.1) is 0 Å². The summed E-state index contributed by atoms with van der Waals surface area (Å²) in [7, 11) is 0. The van der Waals surface area contributed by atoms with Crippen LogP contribution in [0, 0.1) is 5.82 Å². The van der Waals surface area contributed by atoms with Crippen molar-refractivity contribution in [3.8, 4) is 0 Å². The fraction of sp³-hybridized carbons (Fsp3) is 0.286. The molecule has 0 aromatic heterocycles. The minimum absolute atomic E-state index is 0.136. The summed E-state index contributed by atoms with van der Waals surface area (Å²) >= 11 is 5.62. The molecule has 0 unspecified atom stereocenters. The van der Waals surface area contributed by atoms with Crippen molar-refractivity contribution in [2.75, 3.05) is 0 Å². The Bertz CT molecular complexity index is 471. The predicted octanol–water partition coefficient (Wildman–Crippen LogP) is 4.22. The number of allylic oxidation sites excluding steroid dienone is 4. The fourth-order valence-electron chi connectivity index (χ4n) is 1.53. The lowest BCUT2D eigenvalue weighted by Gasteiger charge is -2.06. The third-order valence-corrected chi connectivity index (χ3v) is 2.70. The number of hydrogen-bond acceptors (Lipinski definition) is 1. The van der Waals surface area contributed by atoms with E-state index in [1.165, 1.54) is 11.6 Å². The minimum atomic E-state index is -0.406. The zero-order valence-electron chi connectivity index (χ0n) is 10.3. The van der Waals surface area contributed by atoms with Gasteiger partial charge < -0.3 is 5.73 Å². The first kappa shape index (κ1) is 13.8. The van der Waals surface area contributed by atoms with Gasteiger partial charge >= 0.3 is 0 Å². The smallest absolute Gasteiger partial charge is 0.142 e. The second kappa shape index (κ2) is 5.87. The Morgan fingerprint density at radius 1 is 1.35 bits per heavy atom. The molecule has 1 nitrogen and oxygen atoms in total. The summed E-state index contributed by atoms with van der Waals surface area (Å²) in [5, 5.41) is 0.136. The van der Waals surface area contributed by atoms with Crippen molar-refractivity contribution in [2.45, 2.75) is 27.2 Å². The van der Waals surface area contributed by atoms with E-state index in [4.69, 9.17) is 17.3 Å². The molecule has 0 saturated heterocycles. The topological polar surface area (TPSA) is 26.0 Å². The van der Waals surface area contributed by atoms with Gasteiger partial charge in [-0.2, -0.15) is 0 Å². The standard InChI is InChI=1S/C14H17ClFN/c1-9(2)6-10(3)14(17)8-11-4-5-12(15)13(16)7-11/h4-7H,8,17H2,1-3H3/b14-10-. The van der Waals surface area contributed by atoms with E-state index in [0.717, 1.165) is 16.8 Å². The summed E-state index contributed by atoms with van der Waals surface area (Å²) in [4.78, 5) is 0.